The van der Waals surface area contributed by atoms with Gasteiger partial charge in [-0.3, -0.25) is 9.69 Å². The quantitative estimate of drug-likeness (QED) is 0.859. The molecule has 1 fully saturated rings. The van der Waals surface area contributed by atoms with E-state index in [1.54, 1.807) is 12.1 Å². The van der Waals surface area contributed by atoms with Crippen LogP contribution < -0.4 is 4.90 Å². The van der Waals surface area contributed by atoms with E-state index in [1.807, 2.05) is 25.7 Å². The summed E-state index contributed by atoms with van der Waals surface area (Å²) in [6.07, 6.45) is 0. The first-order valence-electron chi connectivity index (χ1n) is 8.33. The SMILES string of the molecule is Cc1ccc(C)c(N2CCN(Cc3ccc(F)cc3)[C@@H](C)C2=O)c1. The van der Waals surface area contributed by atoms with E-state index in [9.17, 15) is 9.18 Å². The van der Waals surface area contributed by atoms with E-state index in [0.29, 0.717) is 13.1 Å². The van der Waals surface area contributed by atoms with Gasteiger partial charge in [0.25, 0.3) is 0 Å². The highest BCUT2D eigenvalue weighted by molar-refractivity contribution is 5.98. The van der Waals surface area contributed by atoms with Gasteiger partial charge in [0.2, 0.25) is 5.91 Å². The van der Waals surface area contributed by atoms with Crippen molar-refractivity contribution in [1.82, 2.24) is 4.90 Å². The number of rotatable bonds is 3. The van der Waals surface area contributed by atoms with E-state index < -0.39 is 0 Å². The fraction of sp³-hybridized carbons (Fsp3) is 0.350. The van der Waals surface area contributed by atoms with Crippen molar-refractivity contribution in [3.8, 4) is 0 Å². The first-order chi connectivity index (χ1) is 11.5. The van der Waals surface area contributed by atoms with Crippen molar-refractivity contribution in [2.24, 2.45) is 0 Å². The van der Waals surface area contributed by atoms with Crippen LogP contribution in [0.3, 0.4) is 0 Å². The van der Waals surface area contributed by atoms with Gasteiger partial charge in [-0.05, 0) is 55.7 Å². The second-order valence-electron chi connectivity index (χ2n) is 6.55. The van der Waals surface area contributed by atoms with Crippen LogP contribution in [0.15, 0.2) is 42.5 Å². The number of carbonyl (C=O) groups excluding carboxylic acids is 1. The van der Waals surface area contributed by atoms with Crippen LogP contribution in [0.1, 0.15) is 23.6 Å². The molecular formula is C20H23FN2O. The minimum atomic E-state index is -0.234. The summed E-state index contributed by atoms with van der Waals surface area (Å²) in [5, 5.41) is 0. The van der Waals surface area contributed by atoms with Gasteiger partial charge in [-0.15, -0.1) is 0 Å². The highest BCUT2D eigenvalue weighted by atomic mass is 19.1. The summed E-state index contributed by atoms with van der Waals surface area (Å²) in [4.78, 5) is 16.9. The van der Waals surface area contributed by atoms with Gasteiger partial charge in [-0.1, -0.05) is 24.3 Å². The van der Waals surface area contributed by atoms with Crippen molar-refractivity contribution in [1.29, 1.82) is 0 Å². The van der Waals surface area contributed by atoms with Crippen LogP contribution in [0.2, 0.25) is 0 Å². The average molecular weight is 326 g/mol. The molecule has 0 bridgehead atoms. The number of anilines is 1. The monoisotopic (exact) mass is 326 g/mol. The largest absolute Gasteiger partial charge is 0.310 e. The topological polar surface area (TPSA) is 23.6 Å². The third-order valence-electron chi connectivity index (χ3n) is 4.74. The highest BCUT2D eigenvalue weighted by Crippen LogP contribution is 2.26. The van der Waals surface area contributed by atoms with Crippen molar-refractivity contribution in [3.05, 3.63) is 65.0 Å². The van der Waals surface area contributed by atoms with Crippen molar-refractivity contribution in [2.75, 3.05) is 18.0 Å². The zero-order chi connectivity index (χ0) is 17.3. The lowest BCUT2D eigenvalue weighted by atomic mass is 10.1. The smallest absolute Gasteiger partial charge is 0.244 e. The number of amides is 1. The fourth-order valence-corrected chi connectivity index (χ4v) is 3.20. The molecule has 126 valence electrons. The second kappa shape index (κ2) is 6.73. The zero-order valence-corrected chi connectivity index (χ0v) is 14.4. The molecular weight excluding hydrogens is 303 g/mol. The van der Waals surface area contributed by atoms with Gasteiger partial charge >= 0.3 is 0 Å². The van der Waals surface area contributed by atoms with Crippen LogP contribution in [0, 0.1) is 19.7 Å². The Bertz CT molecular complexity index is 742. The van der Waals surface area contributed by atoms with Crippen LogP contribution in [0.25, 0.3) is 0 Å². The van der Waals surface area contributed by atoms with Gasteiger partial charge in [0, 0.05) is 25.3 Å². The van der Waals surface area contributed by atoms with E-state index in [1.165, 1.54) is 12.1 Å². The molecule has 2 aromatic carbocycles. The van der Waals surface area contributed by atoms with Crippen molar-refractivity contribution < 1.29 is 9.18 Å². The Labute approximate surface area is 142 Å². The molecule has 0 radical (unpaired) electrons. The van der Waals surface area contributed by atoms with E-state index in [2.05, 4.69) is 23.1 Å². The van der Waals surface area contributed by atoms with Crippen LogP contribution in [-0.2, 0) is 11.3 Å². The summed E-state index contributed by atoms with van der Waals surface area (Å²) in [6, 6.07) is 12.5. The van der Waals surface area contributed by atoms with E-state index in [4.69, 9.17) is 0 Å². The molecule has 0 aliphatic carbocycles. The van der Waals surface area contributed by atoms with E-state index >= 15 is 0 Å². The predicted octanol–water partition coefficient (Wildman–Crippen LogP) is 3.68. The summed E-state index contributed by atoms with van der Waals surface area (Å²) in [6.45, 7) is 8.17. The van der Waals surface area contributed by atoms with Crippen molar-refractivity contribution in [2.45, 2.75) is 33.4 Å². The molecule has 0 unspecified atom stereocenters. The van der Waals surface area contributed by atoms with Gasteiger partial charge in [-0.25, -0.2) is 4.39 Å². The van der Waals surface area contributed by atoms with Gasteiger partial charge < -0.3 is 4.90 Å². The molecule has 0 N–H and O–H groups in total. The molecule has 24 heavy (non-hydrogen) atoms. The molecule has 0 aromatic heterocycles. The second-order valence-corrected chi connectivity index (χ2v) is 6.55. The lowest BCUT2D eigenvalue weighted by Gasteiger charge is -2.39. The number of halogens is 1. The minimum absolute atomic E-state index is 0.122. The number of aryl methyl sites for hydroxylation is 2. The van der Waals surface area contributed by atoms with Gasteiger partial charge in [0.15, 0.2) is 0 Å². The highest BCUT2D eigenvalue weighted by Gasteiger charge is 2.32. The maximum atomic E-state index is 13.0. The molecule has 1 heterocycles. The number of piperazine rings is 1. The number of nitrogens with zero attached hydrogens (tertiary/aromatic N) is 2. The molecule has 0 spiro atoms. The Balaban J connectivity index is 1.76. The Kier molecular flexibility index (Phi) is 4.67. The first kappa shape index (κ1) is 16.7. The molecule has 1 atom stereocenters. The predicted molar refractivity (Wildman–Crippen MR) is 94.5 cm³/mol. The maximum absolute atomic E-state index is 13.0. The number of carbonyl (C=O) groups is 1. The molecule has 4 heteroatoms. The van der Waals surface area contributed by atoms with Gasteiger partial charge in [-0.2, -0.15) is 0 Å². The number of hydrogen-bond acceptors (Lipinski definition) is 2. The Hall–Kier alpha value is -2.20. The third-order valence-corrected chi connectivity index (χ3v) is 4.74. The van der Waals surface area contributed by atoms with Crippen LogP contribution >= 0.6 is 0 Å². The fourth-order valence-electron chi connectivity index (χ4n) is 3.20. The third kappa shape index (κ3) is 3.34. The van der Waals surface area contributed by atoms with E-state index in [-0.39, 0.29) is 17.8 Å². The summed E-state index contributed by atoms with van der Waals surface area (Å²) in [5.74, 6) is -0.111. The van der Waals surface area contributed by atoms with Gasteiger partial charge in [0.05, 0.1) is 6.04 Å². The molecule has 3 nitrogen and oxygen atoms in total. The van der Waals surface area contributed by atoms with Crippen LogP contribution in [0.5, 0.6) is 0 Å². The lowest BCUT2D eigenvalue weighted by molar-refractivity contribution is -0.125. The standard InChI is InChI=1S/C20H23FN2O/c1-14-4-5-15(2)19(12-14)23-11-10-22(16(3)20(23)24)13-17-6-8-18(21)9-7-17/h4-9,12,16H,10-11,13H2,1-3H3/t16-/m0/s1. The zero-order valence-electron chi connectivity index (χ0n) is 14.4. The molecule has 1 saturated heterocycles. The van der Waals surface area contributed by atoms with Crippen molar-refractivity contribution in [3.63, 3.8) is 0 Å². The van der Waals surface area contributed by atoms with Crippen LogP contribution in [-0.4, -0.2) is 29.9 Å². The summed E-state index contributed by atoms with van der Waals surface area (Å²) < 4.78 is 13.0. The molecule has 3 rings (SSSR count). The minimum Gasteiger partial charge on any atom is -0.310 e. The summed E-state index contributed by atoms with van der Waals surface area (Å²) in [7, 11) is 0. The summed E-state index contributed by atoms with van der Waals surface area (Å²) >= 11 is 0. The lowest BCUT2D eigenvalue weighted by Crippen LogP contribution is -2.55. The van der Waals surface area contributed by atoms with Gasteiger partial charge in [0.1, 0.15) is 5.82 Å². The molecule has 1 amide bonds. The Morgan fingerprint density at radius 1 is 1.08 bits per heavy atom. The normalized spacial score (nSPS) is 18.9. The van der Waals surface area contributed by atoms with Crippen molar-refractivity contribution >= 4 is 11.6 Å². The molecule has 1 aliphatic heterocycles. The maximum Gasteiger partial charge on any atom is 0.244 e. The molecule has 1 aliphatic rings. The number of hydrogen-bond donors (Lipinski definition) is 0. The van der Waals surface area contributed by atoms with E-state index in [0.717, 1.165) is 28.9 Å². The molecule has 2 aromatic rings. The number of benzene rings is 2. The molecule has 0 saturated carbocycles. The average Bonchev–Trinajstić information content (AvgIpc) is 2.57. The summed E-state index contributed by atoms with van der Waals surface area (Å²) in [5.41, 5.74) is 4.31. The Morgan fingerprint density at radius 2 is 1.79 bits per heavy atom. The van der Waals surface area contributed by atoms with Crippen LogP contribution in [0.4, 0.5) is 10.1 Å². The Morgan fingerprint density at radius 3 is 2.50 bits per heavy atom. The first-order valence-corrected chi connectivity index (χ1v) is 8.33.